The highest BCUT2D eigenvalue weighted by Crippen LogP contribution is 2.03. The van der Waals surface area contributed by atoms with E-state index in [2.05, 4.69) is 15.6 Å². The van der Waals surface area contributed by atoms with Gasteiger partial charge in [0.25, 0.3) is 0 Å². The van der Waals surface area contributed by atoms with Crippen LogP contribution in [0.1, 0.15) is 18.9 Å². The molecule has 6 heteroatoms. The van der Waals surface area contributed by atoms with Crippen LogP contribution in [-0.2, 0) is 11.3 Å². The maximum atomic E-state index is 10.7. The quantitative estimate of drug-likeness (QED) is 0.642. The number of thiocarbonyl (C=S) groups is 1. The van der Waals surface area contributed by atoms with Crippen molar-refractivity contribution in [3.8, 4) is 0 Å². The number of hydrogen-bond acceptors (Lipinski definition) is 3. The lowest BCUT2D eigenvalue weighted by atomic mass is 10.0. The van der Waals surface area contributed by atoms with Gasteiger partial charge in [0, 0.05) is 31.9 Å². The smallest absolute Gasteiger partial charge is 0.217 e. The minimum Gasteiger partial charge on any atom is -0.370 e. The average molecular weight is 279 g/mol. The lowest BCUT2D eigenvalue weighted by Gasteiger charge is -2.12. The molecule has 1 aromatic heterocycles. The minimum absolute atomic E-state index is 0.146. The molecular formula is C13H19N4OS. The number of pyridine rings is 1. The van der Waals surface area contributed by atoms with E-state index in [1.54, 1.807) is 12.4 Å². The van der Waals surface area contributed by atoms with E-state index in [1.165, 1.54) is 0 Å². The fraction of sp³-hybridized carbons (Fsp3) is 0.385. The Bertz CT molecular complexity index is 410. The van der Waals surface area contributed by atoms with Gasteiger partial charge in [0.05, 0.1) is 0 Å². The Morgan fingerprint density at radius 1 is 1.47 bits per heavy atom. The zero-order chi connectivity index (χ0) is 14.1. The van der Waals surface area contributed by atoms with Gasteiger partial charge < -0.3 is 16.4 Å². The van der Waals surface area contributed by atoms with E-state index in [0.29, 0.717) is 24.6 Å². The fourth-order valence-corrected chi connectivity index (χ4v) is 1.65. The van der Waals surface area contributed by atoms with Gasteiger partial charge in [-0.3, -0.25) is 9.78 Å². The normalized spacial score (nSPS) is 11.6. The predicted molar refractivity (Wildman–Crippen MR) is 79.0 cm³/mol. The van der Waals surface area contributed by atoms with Gasteiger partial charge in [0.2, 0.25) is 5.91 Å². The van der Waals surface area contributed by atoms with Crippen molar-refractivity contribution in [1.29, 1.82) is 0 Å². The molecule has 1 atom stereocenters. The molecule has 0 fully saturated rings. The van der Waals surface area contributed by atoms with Crippen LogP contribution < -0.4 is 16.4 Å². The summed E-state index contributed by atoms with van der Waals surface area (Å²) in [6, 6.07) is 3.85. The van der Waals surface area contributed by atoms with E-state index in [-0.39, 0.29) is 11.8 Å². The zero-order valence-electron chi connectivity index (χ0n) is 10.9. The third-order valence-electron chi connectivity index (χ3n) is 2.51. The molecule has 0 unspecified atom stereocenters. The number of carbonyl (C=O) groups excluding carboxylic acids is 1. The Labute approximate surface area is 119 Å². The molecule has 1 heterocycles. The van der Waals surface area contributed by atoms with Crippen LogP contribution >= 0.6 is 12.2 Å². The summed E-state index contributed by atoms with van der Waals surface area (Å²) in [7, 11) is 0. The number of nitrogens with two attached hydrogens (primary N) is 1. The Kier molecular flexibility index (Phi) is 6.81. The first kappa shape index (κ1) is 15.4. The first-order valence-electron chi connectivity index (χ1n) is 6.10. The highest BCUT2D eigenvalue weighted by molar-refractivity contribution is 7.80. The Hall–Kier alpha value is -1.69. The summed E-state index contributed by atoms with van der Waals surface area (Å²) in [5.74, 6) is -0.143. The highest BCUT2D eigenvalue weighted by atomic mass is 32.1. The van der Waals surface area contributed by atoms with Gasteiger partial charge in [-0.05, 0) is 42.3 Å². The van der Waals surface area contributed by atoms with Gasteiger partial charge in [0.15, 0.2) is 5.11 Å². The molecule has 4 N–H and O–H groups in total. The van der Waals surface area contributed by atoms with Crippen LogP contribution in [0.25, 0.3) is 0 Å². The van der Waals surface area contributed by atoms with Crippen molar-refractivity contribution in [2.75, 3.05) is 6.54 Å². The van der Waals surface area contributed by atoms with Crippen molar-refractivity contribution < 1.29 is 4.79 Å². The van der Waals surface area contributed by atoms with Crippen molar-refractivity contribution in [3.05, 3.63) is 36.5 Å². The summed E-state index contributed by atoms with van der Waals surface area (Å²) >= 11 is 5.14. The summed E-state index contributed by atoms with van der Waals surface area (Å²) < 4.78 is 0. The Balaban J connectivity index is 2.13. The second-order valence-electron chi connectivity index (χ2n) is 4.30. The lowest BCUT2D eigenvalue weighted by Crippen LogP contribution is -2.36. The van der Waals surface area contributed by atoms with Crippen LogP contribution in [0.15, 0.2) is 24.5 Å². The van der Waals surface area contributed by atoms with Crippen LogP contribution in [0.2, 0.25) is 0 Å². The van der Waals surface area contributed by atoms with Crippen LogP contribution in [0.5, 0.6) is 0 Å². The molecule has 0 saturated carbocycles. The number of nitrogens with zero attached hydrogens (tertiary/aromatic N) is 1. The topological polar surface area (TPSA) is 80.0 Å². The van der Waals surface area contributed by atoms with Crippen molar-refractivity contribution in [2.45, 2.75) is 19.9 Å². The van der Waals surface area contributed by atoms with Gasteiger partial charge in [-0.2, -0.15) is 0 Å². The number of primary amides is 1. The average Bonchev–Trinajstić information content (AvgIpc) is 2.36. The Morgan fingerprint density at radius 3 is 2.79 bits per heavy atom. The second-order valence-corrected chi connectivity index (χ2v) is 4.71. The molecule has 0 spiro atoms. The highest BCUT2D eigenvalue weighted by Gasteiger charge is 2.06. The monoisotopic (exact) mass is 279 g/mol. The summed E-state index contributed by atoms with van der Waals surface area (Å²) in [5.41, 5.74) is 6.23. The van der Waals surface area contributed by atoms with E-state index in [4.69, 9.17) is 18.0 Å². The molecule has 19 heavy (non-hydrogen) atoms. The van der Waals surface area contributed by atoms with Crippen molar-refractivity contribution in [3.63, 3.8) is 0 Å². The van der Waals surface area contributed by atoms with Gasteiger partial charge in [-0.1, -0.05) is 6.92 Å². The molecule has 103 valence electrons. The van der Waals surface area contributed by atoms with Crippen molar-refractivity contribution in [2.24, 2.45) is 11.7 Å². The van der Waals surface area contributed by atoms with Gasteiger partial charge in [-0.15, -0.1) is 0 Å². The molecule has 0 bridgehead atoms. The van der Waals surface area contributed by atoms with Crippen LogP contribution in [0.4, 0.5) is 0 Å². The van der Waals surface area contributed by atoms with Crippen LogP contribution in [0.3, 0.4) is 0 Å². The largest absolute Gasteiger partial charge is 0.370 e. The first-order valence-corrected chi connectivity index (χ1v) is 6.51. The summed E-state index contributed by atoms with van der Waals surface area (Å²) in [4.78, 5) is 14.7. The van der Waals surface area contributed by atoms with E-state index in [9.17, 15) is 4.79 Å². The molecule has 5 nitrogen and oxygen atoms in total. The predicted octanol–water partition coefficient (Wildman–Crippen LogP) is 0.761. The van der Waals surface area contributed by atoms with Crippen molar-refractivity contribution in [1.82, 2.24) is 15.6 Å². The molecule has 1 amide bonds. The molecule has 0 aliphatic carbocycles. The summed E-state index contributed by atoms with van der Waals surface area (Å²) in [6.45, 7) is 3.21. The molecular weight excluding hydrogens is 260 g/mol. The SMILES string of the molecule is C[C@@H]([CH]CNC(=S)NCc1ccncc1)CC(N)=O. The molecule has 1 aromatic rings. The fourth-order valence-electron chi connectivity index (χ4n) is 1.50. The lowest BCUT2D eigenvalue weighted by molar-refractivity contribution is -0.118. The third-order valence-corrected chi connectivity index (χ3v) is 2.80. The number of amides is 1. The number of hydrogen-bond donors (Lipinski definition) is 3. The minimum atomic E-state index is -0.290. The van der Waals surface area contributed by atoms with Gasteiger partial charge >= 0.3 is 0 Å². The van der Waals surface area contributed by atoms with E-state index in [0.717, 1.165) is 5.56 Å². The summed E-state index contributed by atoms with van der Waals surface area (Å²) in [6.07, 6.45) is 5.82. The van der Waals surface area contributed by atoms with E-state index >= 15 is 0 Å². The molecule has 0 aliphatic heterocycles. The van der Waals surface area contributed by atoms with Gasteiger partial charge in [0.1, 0.15) is 0 Å². The third kappa shape index (κ3) is 7.35. The Morgan fingerprint density at radius 2 is 2.16 bits per heavy atom. The first-order chi connectivity index (χ1) is 9.08. The molecule has 0 aromatic carbocycles. The standard InChI is InChI=1S/C13H19N4OS/c1-10(8-12(14)18)2-7-16-13(19)17-9-11-3-5-15-6-4-11/h2-6,10H,7-9H2,1H3,(H2,14,18)(H2,16,17,19)/t10-/m0/s1. The molecule has 0 saturated heterocycles. The van der Waals surface area contributed by atoms with Crippen LogP contribution in [-0.4, -0.2) is 22.5 Å². The molecule has 1 rings (SSSR count). The number of rotatable bonds is 7. The molecule has 0 aliphatic rings. The molecule has 1 radical (unpaired) electrons. The number of aromatic nitrogens is 1. The second kappa shape index (κ2) is 8.42. The van der Waals surface area contributed by atoms with Gasteiger partial charge in [-0.25, -0.2) is 0 Å². The van der Waals surface area contributed by atoms with E-state index < -0.39 is 0 Å². The maximum Gasteiger partial charge on any atom is 0.217 e. The summed E-state index contributed by atoms with van der Waals surface area (Å²) in [5, 5.41) is 6.73. The number of nitrogens with one attached hydrogen (secondary N) is 2. The maximum absolute atomic E-state index is 10.7. The number of carbonyl (C=O) groups is 1. The van der Waals surface area contributed by atoms with Crippen molar-refractivity contribution >= 4 is 23.2 Å². The van der Waals surface area contributed by atoms with E-state index in [1.807, 2.05) is 25.5 Å². The zero-order valence-corrected chi connectivity index (χ0v) is 11.7. The van der Waals surface area contributed by atoms with Crippen LogP contribution in [0, 0.1) is 12.3 Å².